The molecular formula is C18H38. The van der Waals surface area contributed by atoms with Crippen LogP contribution < -0.4 is 0 Å². The van der Waals surface area contributed by atoms with E-state index < -0.39 is 0 Å². The summed E-state index contributed by atoms with van der Waals surface area (Å²) < 4.78 is 0. The highest BCUT2D eigenvalue weighted by molar-refractivity contribution is 4.76. The van der Waals surface area contributed by atoms with E-state index in [2.05, 4.69) is 47.8 Å². The quantitative estimate of drug-likeness (QED) is 0.454. The normalized spacial score (nSPS) is 15.9. The molecule has 0 bridgehead atoms. The average Bonchev–Trinajstić information content (AvgIpc) is 2.28. The number of hydrogen-bond acceptors (Lipinski definition) is 0. The van der Waals surface area contributed by atoms with Crippen molar-refractivity contribution in [2.45, 2.75) is 86.0 Å². The number of rotatable bonds is 6. The van der Waals surface area contributed by atoms with Crippen molar-refractivity contribution < 1.29 is 0 Å². The summed E-state index contributed by atoms with van der Waals surface area (Å²) in [6.07, 6.45) is 11.6. The smallest absolute Gasteiger partial charge is 0.0386 e. The molecule has 0 aliphatic heterocycles. The lowest BCUT2D eigenvalue weighted by Crippen LogP contribution is -2.21. The van der Waals surface area contributed by atoms with Crippen LogP contribution in [0.15, 0.2) is 13.2 Å². The Labute approximate surface area is 117 Å². The van der Waals surface area contributed by atoms with Gasteiger partial charge in [0, 0.05) is 0 Å². The minimum atomic E-state index is 0.902. The second-order valence-corrected chi connectivity index (χ2v) is 5.89. The van der Waals surface area contributed by atoms with Crippen LogP contribution in [0.2, 0.25) is 0 Å². The SMILES string of the molecule is C=C.CCC.CCC(CCCC(C)C)C1CCC1. The van der Waals surface area contributed by atoms with E-state index in [9.17, 15) is 0 Å². The lowest BCUT2D eigenvalue weighted by atomic mass is 9.73. The van der Waals surface area contributed by atoms with E-state index in [-0.39, 0.29) is 0 Å². The molecule has 0 radical (unpaired) electrons. The largest absolute Gasteiger partial charge is 0.106 e. The van der Waals surface area contributed by atoms with Crippen LogP contribution in [-0.4, -0.2) is 0 Å². The highest BCUT2D eigenvalue weighted by Crippen LogP contribution is 2.37. The lowest BCUT2D eigenvalue weighted by Gasteiger charge is -2.33. The molecule has 1 aliphatic rings. The molecule has 0 nitrogen and oxygen atoms in total. The van der Waals surface area contributed by atoms with E-state index >= 15 is 0 Å². The van der Waals surface area contributed by atoms with Gasteiger partial charge in [-0.15, -0.1) is 13.2 Å². The average molecular weight is 255 g/mol. The Kier molecular flexibility index (Phi) is 16.5. The van der Waals surface area contributed by atoms with Crippen molar-refractivity contribution in [3.05, 3.63) is 13.2 Å². The Bertz CT molecular complexity index is 144. The summed E-state index contributed by atoms with van der Waals surface area (Å²) in [5, 5.41) is 0. The van der Waals surface area contributed by atoms with Crippen LogP contribution in [-0.2, 0) is 0 Å². The Morgan fingerprint density at radius 2 is 1.50 bits per heavy atom. The second kappa shape index (κ2) is 14.8. The fourth-order valence-electron chi connectivity index (χ4n) is 2.47. The molecule has 0 heteroatoms. The third-order valence-corrected chi connectivity index (χ3v) is 3.70. The fraction of sp³-hybridized carbons (Fsp3) is 0.889. The summed E-state index contributed by atoms with van der Waals surface area (Å²) in [5.74, 6) is 3.07. The summed E-state index contributed by atoms with van der Waals surface area (Å²) in [6, 6.07) is 0. The Morgan fingerprint density at radius 3 is 1.78 bits per heavy atom. The van der Waals surface area contributed by atoms with Gasteiger partial charge in [-0.25, -0.2) is 0 Å². The first-order valence-corrected chi connectivity index (χ1v) is 8.15. The van der Waals surface area contributed by atoms with E-state index in [1.807, 2.05) is 0 Å². The van der Waals surface area contributed by atoms with Crippen LogP contribution in [0.1, 0.15) is 86.0 Å². The second-order valence-electron chi connectivity index (χ2n) is 5.89. The van der Waals surface area contributed by atoms with Crippen LogP contribution in [0.5, 0.6) is 0 Å². The molecule has 0 aromatic rings. The van der Waals surface area contributed by atoms with Crippen molar-refractivity contribution in [2.24, 2.45) is 17.8 Å². The molecule has 0 heterocycles. The van der Waals surface area contributed by atoms with E-state index in [1.54, 1.807) is 0 Å². The molecule has 1 rings (SSSR count). The molecule has 0 aromatic heterocycles. The van der Waals surface area contributed by atoms with Gasteiger partial charge in [0.05, 0.1) is 0 Å². The van der Waals surface area contributed by atoms with Gasteiger partial charge in [0.2, 0.25) is 0 Å². The third kappa shape index (κ3) is 10.9. The molecule has 0 N–H and O–H groups in total. The van der Waals surface area contributed by atoms with E-state index in [1.165, 1.54) is 51.4 Å². The van der Waals surface area contributed by atoms with Gasteiger partial charge in [-0.2, -0.15) is 0 Å². The van der Waals surface area contributed by atoms with Crippen LogP contribution in [0.25, 0.3) is 0 Å². The predicted molar refractivity (Wildman–Crippen MR) is 87.0 cm³/mol. The predicted octanol–water partition coefficient (Wildman–Crippen LogP) is 6.86. The first-order valence-electron chi connectivity index (χ1n) is 8.15. The molecule has 1 unspecified atom stereocenters. The topological polar surface area (TPSA) is 0 Å². The highest BCUT2D eigenvalue weighted by Gasteiger charge is 2.25. The molecule has 1 fully saturated rings. The van der Waals surface area contributed by atoms with Gasteiger partial charge in [-0.3, -0.25) is 0 Å². The molecule has 1 atom stereocenters. The van der Waals surface area contributed by atoms with Gasteiger partial charge >= 0.3 is 0 Å². The highest BCUT2D eigenvalue weighted by atomic mass is 14.3. The summed E-state index contributed by atoms with van der Waals surface area (Å²) in [6.45, 7) is 17.3. The summed E-state index contributed by atoms with van der Waals surface area (Å²) in [7, 11) is 0. The lowest BCUT2D eigenvalue weighted by molar-refractivity contribution is 0.185. The molecule has 0 spiro atoms. The maximum absolute atomic E-state index is 3.00. The minimum absolute atomic E-state index is 0.902. The Morgan fingerprint density at radius 1 is 1.00 bits per heavy atom. The standard InChI is InChI=1S/C13H26.C3H8.C2H4/c1-4-12(13-9-6-10-13)8-5-7-11(2)3;1-3-2;1-2/h11-13H,4-10H2,1-3H3;3H2,1-2H3;1-2H2. The summed E-state index contributed by atoms with van der Waals surface area (Å²) in [4.78, 5) is 0. The van der Waals surface area contributed by atoms with E-state index in [0.29, 0.717) is 0 Å². The van der Waals surface area contributed by atoms with Crippen molar-refractivity contribution in [3.63, 3.8) is 0 Å². The molecule has 0 saturated heterocycles. The molecule has 0 amide bonds. The Balaban J connectivity index is 0. The van der Waals surface area contributed by atoms with E-state index in [0.717, 1.165) is 17.8 Å². The monoisotopic (exact) mass is 254 g/mol. The fourth-order valence-corrected chi connectivity index (χ4v) is 2.47. The Hall–Kier alpha value is -0.260. The molecule has 1 saturated carbocycles. The minimum Gasteiger partial charge on any atom is -0.106 e. The molecular weight excluding hydrogens is 216 g/mol. The third-order valence-electron chi connectivity index (χ3n) is 3.70. The van der Waals surface area contributed by atoms with Gasteiger partial charge in [-0.05, 0) is 17.8 Å². The zero-order chi connectivity index (χ0) is 14.4. The molecule has 1 aliphatic carbocycles. The van der Waals surface area contributed by atoms with Crippen molar-refractivity contribution in [2.75, 3.05) is 0 Å². The van der Waals surface area contributed by atoms with Crippen molar-refractivity contribution in [1.29, 1.82) is 0 Å². The van der Waals surface area contributed by atoms with Gasteiger partial charge in [0.15, 0.2) is 0 Å². The number of hydrogen-bond donors (Lipinski definition) is 0. The maximum Gasteiger partial charge on any atom is -0.0386 e. The summed E-state index contributed by atoms with van der Waals surface area (Å²) in [5.41, 5.74) is 0. The zero-order valence-electron chi connectivity index (χ0n) is 13.8. The van der Waals surface area contributed by atoms with Gasteiger partial charge in [-0.1, -0.05) is 86.0 Å². The van der Waals surface area contributed by atoms with Crippen LogP contribution in [0, 0.1) is 17.8 Å². The molecule has 18 heavy (non-hydrogen) atoms. The zero-order valence-corrected chi connectivity index (χ0v) is 13.8. The van der Waals surface area contributed by atoms with Gasteiger partial charge < -0.3 is 0 Å². The van der Waals surface area contributed by atoms with Gasteiger partial charge in [0.1, 0.15) is 0 Å². The van der Waals surface area contributed by atoms with Crippen molar-refractivity contribution >= 4 is 0 Å². The van der Waals surface area contributed by atoms with Crippen LogP contribution in [0.4, 0.5) is 0 Å². The first kappa shape index (κ1) is 20.1. The van der Waals surface area contributed by atoms with Crippen LogP contribution >= 0.6 is 0 Å². The maximum atomic E-state index is 3.00. The van der Waals surface area contributed by atoms with Crippen molar-refractivity contribution in [3.8, 4) is 0 Å². The molecule has 0 aromatic carbocycles. The van der Waals surface area contributed by atoms with Crippen LogP contribution in [0.3, 0.4) is 0 Å². The van der Waals surface area contributed by atoms with Crippen molar-refractivity contribution in [1.82, 2.24) is 0 Å². The first-order chi connectivity index (χ1) is 8.65. The molecule has 110 valence electrons. The van der Waals surface area contributed by atoms with Gasteiger partial charge in [0.25, 0.3) is 0 Å². The summed E-state index contributed by atoms with van der Waals surface area (Å²) >= 11 is 0. The van der Waals surface area contributed by atoms with E-state index in [4.69, 9.17) is 0 Å².